The highest BCUT2D eigenvalue weighted by atomic mass is 35.5. The molecule has 0 saturated heterocycles. The summed E-state index contributed by atoms with van der Waals surface area (Å²) in [7, 11) is 0. The predicted octanol–water partition coefficient (Wildman–Crippen LogP) is 5.49. The van der Waals surface area contributed by atoms with E-state index in [0.717, 1.165) is 16.0 Å². The van der Waals surface area contributed by atoms with Gasteiger partial charge < -0.3 is 10.6 Å². The van der Waals surface area contributed by atoms with Crippen LogP contribution in [0, 0.1) is 5.82 Å². The number of halogens is 2. The summed E-state index contributed by atoms with van der Waals surface area (Å²) in [5.74, 6) is -0.838. The van der Waals surface area contributed by atoms with Crippen molar-refractivity contribution in [3.63, 3.8) is 0 Å². The lowest BCUT2D eigenvalue weighted by molar-refractivity contribution is -0.112. The fourth-order valence-corrected chi connectivity index (χ4v) is 4.07. The SMILES string of the molecule is O=C1Nc2cc(C(=O)NCc3ccc(F)cc3)ccc2S/C1=C/c1cccc(Cl)c1. The van der Waals surface area contributed by atoms with Gasteiger partial charge in [-0.1, -0.05) is 47.6 Å². The van der Waals surface area contributed by atoms with Crippen LogP contribution in [0.15, 0.2) is 76.5 Å². The highest BCUT2D eigenvalue weighted by Crippen LogP contribution is 2.39. The molecule has 4 nitrogen and oxygen atoms in total. The summed E-state index contributed by atoms with van der Waals surface area (Å²) in [6.45, 7) is 0.282. The van der Waals surface area contributed by atoms with Crippen LogP contribution >= 0.6 is 23.4 Å². The molecule has 0 aromatic heterocycles. The van der Waals surface area contributed by atoms with Crippen molar-refractivity contribution in [2.24, 2.45) is 0 Å². The van der Waals surface area contributed by atoms with Crippen LogP contribution in [-0.4, -0.2) is 11.8 Å². The lowest BCUT2D eigenvalue weighted by atomic mass is 10.1. The molecular weight excluding hydrogens is 423 g/mol. The molecule has 4 rings (SSSR count). The smallest absolute Gasteiger partial charge is 0.262 e. The van der Waals surface area contributed by atoms with Crippen molar-refractivity contribution in [3.8, 4) is 0 Å². The molecule has 150 valence electrons. The van der Waals surface area contributed by atoms with Gasteiger partial charge in [0.15, 0.2) is 0 Å². The molecule has 0 saturated carbocycles. The van der Waals surface area contributed by atoms with Gasteiger partial charge >= 0.3 is 0 Å². The van der Waals surface area contributed by atoms with Crippen molar-refractivity contribution in [1.82, 2.24) is 5.32 Å². The van der Waals surface area contributed by atoms with Gasteiger partial charge in [0.2, 0.25) is 0 Å². The minimum atomic E-state index is -0.322. The number of nitrogens with one attached hydrogen (secondary N) is 2. The van der Waals surface area contributed by atoms with Crippen LogP contribution in [0.4, 0.5) is 10.1 Å². The summed E-state index contributed by atoms with van der Waals surface area (Å²) in [5.41, 5.74) is 2.64. The average Bonchev–Trinajstić information content (AvgIpc) is 2.73. The van der Waals surface area contributed by atoms with Crippen molar-refractivity contribution in [1.29, 1.82) is 0 Å². The molecule has 0 fully saturated rings. The van der Waals surface area contributed by atoms with Gasteiger partial charge in [-0.25, -0.2) is 4.39 Å². The van der Waals surface area contributed by atoms with Crippen molar-refractivity contribution < 1.29 is 14.0 Å². The van der Waals surface area contributed by atoms with Gasteiger partial charge in [-0.3, -0.25) is 9.59 Å². The van der Waals surface area contributed by atoms with Crippen LogP contribution in [0.5, 0.6) is 0 Å². The van der Waals surface area contributed by atoms with E-state index in [0.29, 0.717) is 21.2 Å². The highest BCUT2D eigenvalue weighted by Gasteiger charge is 2.22. The number of rotatable bonds is 4. The average molecular weight is 439 g/mol. The molecule has 7 heteroatoms. The second-order valence-corrected chi connectivity index (χ2v) is 8.16. The summed E-state index contributed by atoms with van der Waals surface area (Å²) in [5, 5.41) is 6.23. The zero-order chi connectivity index (χ0) is 21.1. The van der Waals surface area contributed by atoms with E-state index in [1.54, 1.807) is 48.5 Å². The molecule has 2 N–H and O–H groups in total. The second-order valence-electron chi connectivity index (χ2n) is 6.64. The van der Waals surface area contributed by atoms with Crippen LogP contribution in [0.3, 0.4) is 0 Å². The summed E-state index contributed by atoms with van der Waals surface area (Å²) in [4.78, 5) is 26.3. The Kier molecular flexibility index (Phi) is 5.88. The topological polar surface area (TPSA) is 58.2 Å². The van der Waals surface area contributed by atoms with E-state index in [-0.39, 0.29) is 24.2 Å². The predicted molar refractivity (Wildman–Crippen MR) is 118 cm³/mol. The van der Waals surface area contributed by atoms with Gasteiger partial charge in [-0.2, -0.15) is 0 Å². The fourth-order valence-electron chi connectivity index (χ4n) is 2.94. The zero-order valence-corrected chi connectivity index (χ0v) is 17.2. The Balaban J connectivity index is 1.48. The van der Waals surface area contributed by atoms with Gasteiger partial charge in [-0.15, -0.1) is 0 Å². The van der Waals surface area contributed by atoms with Crippen LogP contribution in [0.2, 0.25) is 5.02 Å². The van der Waals surface area contributed by atoms with E-state index in [1.165, 1.54) is 23.9 Å². The van der Waals surface area contributed by atoms with Crippen molar-refractivity contribution >= 4 is 46.9 Å². The third kappa shape index (κ3) is 4.72. The van der Waals surface area contributed by atoms with E-state index >= 15 is 0 Å². The Labute approximate surface area is 182 Å². The molecule has 1 heterocycles. The number of carbonyl (C=O) groups excluding carboxylic acids is 2. The van der Waals surface area contributed by atoms with Crippen LogP contribution in [0.1, 0.15) is 21.5 Å². The molecule has 0 unspecified atom stereocenters. The van der Waals surface area contributed by atoms with Crippen LogP contribution < -0.4 is 10.6 Å². The largest absolute Gasteiger partial charge is 0.348 e. The maximum Gasteiger partial charge on any atom is 0.262 e. The molecule has 3 aromatic carbocycles. The third-order valence-corrected chi connectivity index (χ3v) is 5.78. The summed E-state index contributed by atoms with van der Waals surface area (Å²) in [6.07, 6.45) is 1.78. The quantitative estimate of drug-likeness (QED) is 0.529. The molecule has 2 amide bonds. The number of hydrogen-bond donors (Lipinski definition) is 2. The van der Waals surface area contributed by atoms with Crippen molar-refractivity contribution in [3.05, 3.63) is 99.2 Å². The van der Waals surface area contributed by atoms with Gasteiger partial charge in [0, 0.05) is 22.0 Å². The molecule has 30 heavy (non-hydrogen) atoms. The minimum absolute atomic E-state index is 0.239. The molecular formula is C23H16ClFN2O2S. The Morgan fingerprint density at radius 3 is 2.67 bits per heavy atom. The van der Waals surface area contributed by atoms with Gasteiger partial charge in [0.25, 0.3) is 11.8 Å². The van der Waals surface area contributed by atoms with E-state index in [9.17, 15) is 14.0 Å². The second kappa shape index (κ2) is 8.73. The van der Waals surface area contributed by atoms with E-state index in [2.05, 4.69) is 10.6 Å². The zero-order valence-electron chi connectivity index (χ0n) is 15.6. The summed E-state index contributed by atoms with van der Waals surface area (Å²) in [6, 6.07) is 18.3. The van der Waals surface area contributed by atoms with Gasteiger partial charge in [0.1, 0.15) is 5.82 Å². The molecule has 0 aliphatic carbocycles. The fraction of sp³-hybridized carbons (Fsp3) is 0.0435. The van der Waals surface area contributed by atoms with E-state index in [4.69, 9.17) is 11.6 Å². The van der Waals surface area contributed by atoms with Crippen LogP contribution in [0.25, 0.3) is 6.08 Å². The first-order chi connectivity index (χ1) is 14.5. The third-order valence-electron chi connectivity index (χ3n) is 4.45. The molecule has 1 aliphatic rings. The summed E-state index contributed by atoms with van der Waals surface area (Å²) >= 11 is 7.34. The molecule has 0 radical (unpaired) electrons. The van der Waals surface area contributed by atoms with E-state index < -0.39 is 0 Å². The lowest BCUT2D eigenvalue weighted by Crippen LogP contribution is -2.23. The van der Waals surface area contributed by atoms with E-state index in [1.807, 2.05) is 12.1 Å². The standard InChI is InChI=1S/C23H16ClFN2O2S/c24-17-3-1-2-15(10-17)11-21-23(29)27-19-12-16(6-9-20(19)30-21)22(28)26-13-14-4-7-18(25)8-5-14/h1-12H,13H2,(H,26,28)(H,27,29)/b21-11+. The van der Waals surface area contributed by atoms with Crippen molar-refractivity contribution in [2.45, 2.75) is 11.4 Å². The molecule has 3 aromatic rings. The minimum Gasteiger partial charge on any atom is -0.348 e. The monoisotopic (exact) mass is 438 g/mol. The number of thioether (sulfide) groups is 1. The Morgan fingerprint density at radius 2 is 1.90 bits per heavy atom. The highest BCUT2D eigenvalue weighted by molar-refractivity contribution is 8.04. The summed E-state index contributed by atoms with van der Waals surface area (Å²) < 4.78 is 13.0. The van der Waals surface area contributed by atoms with Gasteiger partial charge in [-0.05, 0) is 59.7 Å². The number of hydrogen-bond acceptors (Lipinski definition) is 3. The molecule has 0 bridgehead atoms. The number of anilines is 1. The first kappa shape index (κ1) is 20.2. The number of fused-ring (bicyclic) bond motifs is 1. The Hall–Kier alpha value is -3.09. The maximum atomic E-state index is 13.0. The molecule has 0 atom stereocenters. The molecule has 0 spiro atoms. The number of carbonyl (C=O) groups is 2. The van der Waals surface area contributed by atoms with Crippen molar-refractivity contribution in [2.75, 3.05) is 5.32 Å². The lowest BCUT2D eigenvalue weighted by Gasteiger charge is -2.19. The first-order valence-electron chi connectivity index (χ1n) is 9.11. The van der Waals surface area contributed by atoms with Gasteiger partial charge in [0.05, 0.1) is 10.6 Å². The Morgan fingerprint density at radius 1 is 1.10 bits per heavy atom. The number of amides is 2. The Bertz CT molecular complexity index is 1160. The van der Waals surface area contributed by atoms with Crippen LogP contribution in [-0.2, 0) is 11.3 Å². The first-order valence-corrected chi connectivity index (χ1v) is 10.3. The number of benzene rings is 3. The molecule has 1 aliphatic heterocycles. The normalized spacial score (nSPS) is 14.2. The maximum absolute atomic E-state index is 13.0.